The maximum absolute atomic E-state index is 12.2. The SMILES string of the molecule is COc1ccc(-c2noc(COC(=O)Cc3coc4cc(OC)ccc34)n2)cc1. The van der Waals surface area contributed by atoms with Crippen LogP contribution in [0, 0.1) is 0 Å². The van der Waals surface area contributed by atoms with Gasteiger partial charge in [0.2, 0.25) is 5.82 Å². The summed E-state index contributed by atoms with van der Waals surface area (Å²) < 4.78 is 26.2. The molecule has 0 N–H and O–H groups in total. The number of rotatable bonds is 7. The van der Waals surface area contributed by atoms with Gasteiger partial charge < -0.3 is 23.2 Å². The fourth-order valence-corrected chi connectivity index (χ4v) is 2.85. The monoisotopic (exact) mass is 394 g/mol. The van der Waals surface area contributed by atoms with Gasteiger partial charge in [0.05, 0.1) is 26.9 Å². The standard InChI is InChI=1S/C21H18N2O6/c1-25-15-5-3-13(4-6-15)21-22-19(29-23-21)12-28-20(24)9-14-11-27-18-10-16(26-2)7-8-17(14)18/h3-8,10-11H,9,12H2,1-2H3. The number of benzene rings is 2. The van der Waals surface area contributed by atoms with Crippen LogP contribution in [0.3, 0.4) is 0 Å². The molecule has 8 heteroatoms. The zero-order chi connectivity index (χ0) is 20.2. The molecule has 0 spiro atoms. The second-order valence-corrected chi connectivity index (χ2v) is 6.20. The number of hydrogen-bond donors (Lipinski definition) is 0. The van der Waals surface area contributed by atoms with E-state index < -0.39 is 5.97 Å². The predicted octanol–water partition coefficient (Wildman–Crippen LogP) is 3.79. The first-order valence-electron chi connectivity index (χ1n) is 8.83. The van der Waals surface area contributed by atoms with Gasteiger partial charge in [-0.2, -0.15) is 4.98 Å². The number of nitrogens with zero attached hydrogens (tertiary/aromatic N) is 2. The molecule has 4 aromatic rings. The number of carbonyl (C=O) groups is 1. The van der Waals surface area contributed by atoms with Crippen LogP contribution in [0.25, 0.3) is 22.4 Å². The fourth-order valence-electron chi connectivity index (χ4n) is 2.85. The Bertz CT molecular complexity index is 1130. The third-order valence-corrected chi connectivity index (χ3v) is 4.37. The van der Waals surface area contributed by atoms with Gasteiger partial charge >= 0.3 is 5.97 Å². The van der Waals surface area contributed by atoms with Gasteiger partial charge in [-0.1, -0.05) is 5.16 Å². The first-order valence-corrected chi connectivity index (χ1v) is 8.83. The Balaban J connectivity index is 1.37. The molecule has 29 heavy (non-hydrogen) atoms. The summed E-state index contributed by atoms with van der Waals surface area (Å²) in [6, 6.07) is 12.7. The molecule has 2 aromatic heterocycles. The molecule has 0 aliphatic carbocycles. The van der Waals surface area contributed by atoms with Crippen molar-refractivity contribution in [3.05, 3.63) is 60.2 Å². The van der Waals surface area contributed by atoms with Crippen molar-refractivity contribution in [2.24, 2.45) is 0 Å². The molecule has 4 rings (SSSR count). The Hall–Kier alpha value is -3.81. The first kappa shape index (κ1) is 18.5. The molecule has 0 aliphatic heterocycles. The van der Waals surface area contributed by atoms with Crippen molar-refractivity contribution in [2.75, 3.05) is 14.2 Å². The van der Waals surface area contributed by atoms with Gasteiger partial charge in [-0.3, -0.25) is 4.79 Å². The Labute approximate surface area is 166 Å². The lowest BCUT2D eigenvalue weighted by Crippen LogP contribution is -2.07. The summed E-state index contributed by atoms with van der Waals surface area (Å²) in [4.78, 5) is 16.5. The van der Waals surface area contributed by atoms with Crippen LogP contribution >= 0.6 is 0 Å². The average molecular weight is 394 g/mol. The summed E-state index contributed by atoms with van der Waals surface area (Å²) in [7, 11) is 3.18. The molecule has 0 atom stereocenters. The van der Waals surface area contributed by atoms with Crippen molar-refractivity contribution in [1.29, 1.82) is 0 Å². The van der Waals surface area contributed by atoms with E-state index in [4.69, 9.17) is 23.2 Å². The number of carbonyl (C=O) groups excluding carboxylic acids is 1. The Kier molecular flexibility index (Phi) is 5.15. The summed E-state index contributed by atoms with van der Waals surface area (Å²) in [6.07, 6.45) is 1.61. The molecule has 0 fully saturated rings. The van der Waals surface area contributed by atoms with Gasteiger partial charge in [0, 0.05) is 22.6 Å². The van der Waals surface area contributed by atoms with Crippen LogP contribution in [0.15, 0.2) is 57.7 Å². The van der Waals surface area contributed by atoms with Crippen LogP contribution in [0.2, 0.25) is 0 Å². The first-order chi connectivity index (χ1) is 14.2. The Morgan fingerprint density at radius 2 is 1.79 bits per heavy atom. The van der Waals surface area contributed by atoms with E-state index in [0.29, 0.717) is 17.2 Å². The number of furan rings is 1. The molecule has 0 saturated carbocycles. The maximum atomic E-state index is 12.2. The number of aromatic nitrogens is 2. The van der Waals surface area contributed by atoms with Gasteiger partial charge in [-0.15, -0.1) is 0 Å². The van der Waals surface area contributed by atoms with E-state index in [9.17, 15) is 4.79 Å². The minimum Gasteiger partial charge on any atom is -0.497 e. The van der Waals surface area contributed by atoms with Crippen molar-refractivity contribution < 1.29 is 27.9 Å². The zero-order valence-electron chi connectivity index (χ0n) is 15.9. The summed E-state index contributed by atoms with van der Waals surface area (Å²) in [5, 5.41) is 4.74. The average Bonchev–Trinajstić information content (AvgIpc) is 3.39. The van der Waals surface area contributed by atoms with Gasteiger partial charge in [-0.05, 0) is 36.4 Å². The number of esters is 1. The number of ether oxygens (including phenoxy) is 3. The quantitative estimate of drug-likeness (QED) is 0.437. The highest BCUT2D eigenvalue weighted by Crippen LogP contribution is 2.26. The van der Waals surface area contributed by atoms with E-state index in [1.807, 2.05) is 24.3 Å². The van der Waals surface area contributed by atoms with Crippen LogP contribution in [0.5, 0.6) is 11.5 Å². The minimum absolute atomic E-state index is 0.0683. The summed E-state index contributed by atoms with van der Waals surface area (Å²) in [5.74, 6) is 1.62. The van der Waals surface area contributed by atoms with Crippen molar-refractivity contribution in [2.45, 2.75) is 13.0 Å². The van der Waals surface area contributed by atoms with Crippen LogP contribution in [0.4, 0.5) is 0 Å². The molecule has 8 nitrogen and oxygen atoms in total. The van der Waals surface area contributed by atoms with E-state index in [0.717, 1.165) is 22.3 Å². The van der Waals surface area contributed by atoms with Crippen molar-refractivity contribution in [1.82, 2.24) is 10.1 Å². The summed E-state index contributed by atoms with van der Waals surface area (Å²) in [6.45, 7) is -0.106. The van der Waals surface area contributed by atoms with E-state index >= 15 is 0 Å². The molecule has 148 valence electrons. The molecular weight excluding hydrogens is 376 g/mol. The molecule has 0 bridgehead atoms. The molecule has 0 aliphatic rings. The smallest absolute Gasteiger partial charge is 0.310 e. The number of hydrogen-bond acceptors (Lipinski definition) is 8. The van der Waals surface area contributed by atoms with Crippen LogP contribution in [0.1, 0.15) is 11.5 Å². The van der Waals surface area contributed by atoms with E-state index in [1.165, 1.54) is 0 Å². The molecule has 0 saturated heterocycles. The zero-order valence-corrected chi connectivity index (χ0v) is 15.9. The van der Waals surface area contributed by atoms with E-state index in [-0.39, 0.29) is 18.9 Å². The van der Waals surface area contributed by atoms with Crippen LogP contribution in [-0.4, -0.2) is 30.3 Å². The predicted molar refractivity (Wildman–Crippen MR) is 103 cm³/mol. The number of fused-ring (bicyclic) bond motifs is 1. The Morgan fingerprint density at radius 3 is 2.55 bits per heavy atom. The van der Waals surface area contributed by atoms with Crippen molar-refractivity contribution in [3.63, 3.8) is 0 Å². The fraction of sp³-hybridized carbons (Fsp3) is 0.190. The third-order valence-electron chi connectivity index (χ3n) is 4.37. The van der Waals surface area contributed by atoms with Crippen molar-refractivity contribution >= 4 is 16.9 Å². The number of methoxy groups -OCH3 is 2. The molecule has 2 heterocycles. The summed E-state index contributed by atoms with van der Waals surface area (Å²) >= 11 is 0. The topological polar surface area (TPSA) is 96.8 Å². The van der Waals surface area contributed by atoms with Gasteiger partial charge in [0.1, 0.15) is 17.1 Å². The molecular formula is C21H18N2O6. The normalized spacial score (nSPS) is 10.8. The second kappa shape index (κ2) is 8.05. The van der Waals surface area contributed by atoms with E-state index in [1.54, 1.807) is 38.7 Å². The lowest BCUT2D eigenvalue weighted by molar-refractivity contribution is -0.144. The molecule has 0 unspecified atom stereocenters. The highest BCUT2D eigenvalue weighted by atomic mass is 16.6. The lowest BCUT2D eigenvalue weighted by Gasteiger charge is -2.01. The van der Waals surface area contributed by atoms with Crippen LogP contribution < -0.4 is 9.47 Å². The maximum Gasteiger partial charge on any atom is 0.310 e. The highest BCUT2D eigenvalue weighted by molar-refractivity contribution is 5.86. The minimum atomic E-state index is -0.423. The molecule has 0 radical (unpaired) electrons. The van der Waals surface area contributed by atoms with Crippen LogP contribution in [-0.2, 0) is 22.6 Å². The van der Waals surface area contributed by atoms with Gasteiger partial charge in [0.15, 0.2) is 6.61 Å². The highest BCUT2D eigenvalue weighted by Gasteiger charge is 2.15. The molecule has 0 amide bonds. The second-order valence-electron chi connectivity index (χ2n) is 6.20. The third kappa shape index (κ3) is 4.06. The summed E-state index contributed by atoms with van der Waals surface area (Å²) in [5.41, 5.74) is 2.15. The lowest BCUT2D eigenvalue weighted by atomic mass is 10.1. The van der Waals surface area contributed by atoms with Gasteiger partial charge in [-0.25, -0.2) is 0 Å². The van der Waals surface area contributed by atoms with Crippen molar-refractivity contribution in [3.8, 4) is 22.9 Å². The van der Waals surface area contributed by atoms with Gasteiger partial charge in [0.25, 0.3) is 5.89 Å². The Morgan fingerprint density at radius 1 is 1.03 bits per heavy atom. The largest absolute Gasteiger partial charge is 0.497 e. The molecule has 2 aromatic carbocycles. The van der Waals surface area contributed by atoms with E-state index in [2.05, 4.69) is 10.1 Å².